The van der Waals surface area contributed by atoms with Crippen LogP contribution in [0.25, 0.3) is 0 Å². The number of carboxylic acids is 1. The number of carboxylic acid groups (broad SMARTS) is 1. The first kappa shape index (κ1) is 12.4. The molecule has 1 N–H and O–H groups in total. The highest BCUT2D eigenvalue weighted by Gasteiger charge is 2.37. The Morgan fingerprint density at radius 3 is 2.06 bits per heavy atom. The molecule has 1 amide bonds. The maximum absolute atomic E-state index is 12.3. The summed E-state index contributed by atoms with van der Waals surface area (Å²) >= 11 is 0. The molecule has 1 aliphatic carbocycles. The number of likely N-dealkylation sites (tertiary alicyclic amines) is 1. The number of hydrogen-bond donors (Lipinski definition) is 1. The summed E-state index contributed by atoms with van der Waals surface area (Å²) in [4.78, 5) is 25.4. The van der Waals surface area contributed by atoms with Gasteiger partial charge in [0.2, 0.25) is 5.91 Å². The van der Waals surface area contributed by atoms with Gasteiger partial charge in [-0.25, -0.2) is 0 Å². The van der Waals surface area contributed by atoms with Crippen LogP contribution in [0.3, 0.4) is 0 Å². The fourth-order valence-electron chi connectivity index (χ4n) is 3.07. The summed E-state index contributed by atoms with van der Waals surface area (Å²) < 4.78 is 0. The Balaban J connectivity index is 2.02. The molecule has 0 radical (unpaired) electrons. The zero-order valence-corrected chi connectivity index (χ0v) is 10.2. The number of nitrogens with zero attached hydrogens (tertiary/aromatic N) is 1. The van der Waals surface area contributed by atoms with E-state index in [1.54, 1.807) is 0 Å². The Bertz CT molecular complexity index is 297. The fraction of sp³-hybridized carbons (Fsp3) is 0.846. The lowest BCUT2D eigenvalue weighted by atomic mass is 9.78. The first-order valence-electron chi connectivity index (χ1n) is 6.72. The minimum absolute atomic E-state index is 0.0943. The quantitative estimate of drug-likeness (QED) is 0.800. The van der Waals surface area contributed by atoms with Crippen LogP contribution in [0.1, 0.15) is 44.9 Å². The smallest absolute Gasteiger partial charge is 0.307 e. The molecule has 2 aliphatic rings. The number of aliphatic carboxylic acids is 1. The number of rotatable bonds is 2. The maximum Gasteiger partial charge on any atom is 0.307 e. The molecular weight excluding hydrogens is 218 g/mol. The summed E-state index contributed by atoms with van der Waals surface area (Å²) in [5, 5.41) is 9.19. The normalized spacial score (nSPS) is 30.0. The molecule has 2 atom stereocenters. The molecule has 4 nitrogen and oxygen atoms in total. The second-order valence-electron chi connectivity index (χ2n) is 5.22. The van der Waals surface area contributed by atoms with Crippen LogP contribution >= 0.6 is 0 Å². The molecule has 1 saturated carbocycles. The first-order chi connectivity index (χ1) is 8.20. The fourth-order valence-corrected chi connectivity index (χ4v) is 3.07. The predicted molar refractivity (Wildman–Crippen MR) is 63.5 cm³/mol. The molecule has 17 heavy (non-hydrogen) atoms. The predicted octanol–water partition coefficient (Wildman–Crippen LogP) is 1.89. The third-order valence-electron chi connectivity index (χ3n) is 4.07. The first-order valence-corrected chi connectivity index (χ1v) is 6.72. The number of piperidine rings is 1. The van der Waals surface area contributed by atoms with E-state index in [4.69, 9.17) is 0 Å². The minimum Gasteiger partial charge on any atom is -0.481 e. The van der Waals surface area contributed by atoms with Gasteiger partial charge in [-0.3, -0.25) is 9.59 Å². The summed E-state index contributed by atoms with van der Waals surface area (Å²) in [6, 6.07) is 0. The van der Waals surface area contributed by atoms with Gasteiger partial charge in [-0.1, -0.05) is 12.8 Å². The van der Waals surface area contributed by atoms with Crippen molar-refractivity contribution in [2.24, 2.45) is 11.8 Å². The van der Waals surface area contributed by atoms with Crippen LogP contribution in [0.5, 0.6) is 0 Å². The SMILES string of the molecule is O=C(O)[C@H]1CCCC[C@H]1C(=O)N1CCCCC1. The van der Waals surface area contributed by atoms with E-state index in [0.29, 0.717) is 6.42 Å². The monoisotopic (exact) mass is 239 g/mol. The van der Waals surface area contributed by atoms with Crippen molar-refractivity contribution in [3.05, 3.63) is 0 Å². The second kappa shape index (κ2) is 5.52. The lowest BCUT2D eigenvalue weighted by molar-refractivity contribution is -0.152. The Morgan fingerprint density at radius 1 is 0.882 bits per heavy atom. The van der Waals surface area contributed by atoms with E-state index in [2.05, 4.69) is 0 Å². The molecule has 0 aromatic carbocycles. The van der Waals surface area contributed by atoms with E-state index < -0.39 is 11.9 Å². The van der Waals surface area contributed by atoms with E-state index in [0.717, 1.165) is 45.2 Å². The van der Waals surface area contributed by atoms with Gasteiger partial charge in [0, 0.05) is 13.1 Å². The zero-order chi connectivity index (χ0) is 12.3. The van der Waals surface area contributed by atoms with Gasteiger partial charge in [0.15, 0.2) is 0 Å². The molecule has 0 aromatic rings. The standard InChI is InChI=1S/C13H21NO3/c15-12(14-8-4-1-5-9-14)10-6-2-3-7-11(10)13(16)17/h10-11H,1-9H2,(H,16,17)/t10-,11+/m1/s1. The zero-order valence-electron chi connectivity index (χ0n) is 10.2. The van der Waals surface area contributed by atoms with Crippen LogP contribution in [-0.2, 0) is 9.59 Å². The highest BCUT2D eigenvalue weighted by atomic mass is 16.4. The van der Waals surface area contributed by atoms with Crippen molar-refractivity contribution in [2.75, 3.05) is 13.1 Å². The Labute approximate surface area is 102 Å². The van der Waals surface area contributed by atoms with Crippen molar-refractivity contribution in [1.82, 2.24) is 4.90 Å². The molecule has 0 aromatic heterocycles. The Kier molecular flexibility index (Phi) is 4.02. The second-order valence-corrected chi connectivity index (χ2v) is 5.22. The summed E-state index contributed by atoms with van der Waals surface area (Å²) in [7, 11) is 0. The molecule has 1 saturated heterocycles. The Hall–Kier alpha value is -1.06. The topological polar surface area (TPSA) is 57.6 Å². The molecule has 0 unspecified atom stereocenters. The van der Waals surface area contributed by atoms with Gasteiger partial charge in [0.25, 0.3) is 0 Å². The van der Waals surface area contributed by atoms with Crippen molar-refractivity contribution < 1.29 is 14.7 Å². The summed E-state index contributed by atoms with van der Waals surface area (Å²) in [5.74, 6) is -1.41. The van der Waals surface area contributed by atoms with Crippen LogP contribution in [-0.4, -0.2) is 35.0 Å². The average molecular weight is 239 g/mol. The van der Waals surface area contributed by atoms with Gasteiger partial charge in [-0.15, -0.1) is 0 Å². The molecule has 4 heteroatoms. The van der Waals surface area contributed by atoms with E-state index in [-0.39, 0.29) is 11.8 Å². The minimum atomic E-state index is -0.792. The van der Waals surface area contributed by atoms with Crippen LogP contribution in [0.2, 0.25) is 0 Å². The number of amides is 1. The van der Waals surface area contributed by atoms with Crippen LogP contribution < -0.4 is 0 Å². The van der Waals surface area contributed by atoms with Crippen molar-refractivity contribution in [1.29, 1.82) is 0 Å². The molecular formula is C13H21NO3. The summed E-state index contributed by atoms with van der Waals surface area (Å²) in [6.45, 7) is 1.64. The third kappa shape index (κ3) is 2.79. The highest BCUT2D eigenvalue weighted by molar-refractivity contribution is 5.85. The van der Waals surface area contributed by atoms with E-state index in [1.807, 2.05) is 4.90 Å². The molecule has 2 fully saturated rings. The number of carbonyl (C=O) groups excluding carboxylic acids is 1. The molecule has 1 heterocycles. The van der Waals surface area contributed by atoms with Crippen molar-refractivity contribution in [3.8, 4) is 0 Å². The van der Waals surface area contributed by atoms with Gasteiger partial charge < -0.3 is 10.0 Å². The summed E-state index contributed by atoms with van der Waals surface area (Å²) in [6.07, 6.45) is 6.68. The number of hydrogen-bond acceptors (Lipinski definition) is 2. The largest absolute Gasteiger partial charge is 0.481 e. The molecule has 0 bridgehead atoms. The van der Waals surface area contributed by atoms with E-state index >= 15 is 0 Å². The van der Waals surface area contributed by atoms with Gasteiger partial charge in [0.1, 0.15) is 0 Å². The van der Waals surface area contributed by atoms with Crippen molar-refractivity contribution in [3.63, 3.8) is 0 Å². The molecule has 0 spiro atoms. The van der Waals surface area contributed by atoms with E-state index in [9.17, 15) is 14.7 Å². The molecule has 2 rings (SSSR count). The van der Waals surface area contributed by atoms with Crippen LogP contribution in [0, 0.1) is 11.8 Å². The number of carbonyl (C=O) groups is 2. The van der Waals surface area contributed by atoms with E-state index in [1.165, 1.54) is 6.42 Å². The lowest BCUT2D eigenvalue weighted by Gasteiger charge is -2.34. The van der Waals surface area contributed by atoms with Crippen molar-refractivity contribution in [2.45, 2.75) is 44.9 Å². The maximum atomic E-state index is 12.3. The third-order valence-corrected chi connectivity index (χ3v) is 4.07. The van der Waals surface area contributed by atoms with Gasteiger partial charge >= 0.3 is 5.97 Å². The van der Waals surface area contributed by atoms with Gasteiger partial charge in [-0.2, -0.15) is 0 Å². The molecule has 96 valence electrons. The Morgan fingerprint density at radius 2 is 1.47 bits per heavy atom. The van der Waals surface area contributed by atoms with Crippen LogP contribution in [0.4, 0.5) is 0 Å². The van der Waals surface area contributed by atoms with Crippen molar-refractivity contribution >= 4 is 11.9 Å². The summed E-state index contributed by atoms with van der Waals surface area (Å²) in [5.41, 5.74) is 0. The lowest BCUT2D eigenvalue weighted by Crippen LogP contribution is -2.44. The average Bonchev–Trinajstić information content (AvgIpc) is 2.39. The van der Waals surface area contributed by atoms with Gasteiger partial charge in [0.05, 0.1) is 11.8 Å². The van der Waals surface area contributed by atoms with Crippen LogP contribution in [0.15, 0.2) is 0 Å². The molecule has 1 aliphatic heterocycles. The van der Waals surface area contributed by atoms with Gasteiger partial charge in [-0.05, 0) is 32.1 Å². The highest BCUT2D eigenvalue weighted by Crippen LogP contribution is 2.32.